The summed E-state index contributed by atoms with van der Waals surface area (Å²) < 4.78 is 1.08. The van der Waals surface area contributed by atoms with Gasteiger partial charge < -0.3 is 10.2 Å². The van der Waals surface area contributed by atoms with Crippen LogP contribution in [-0.4, -0.2) is 54.3 Å². The van der Waals surface area contributed by atoms with Crippen molar-refractivity contribution >= 4 is 45.1 Å². The van der Waals surface area contributed by atoms with Crippen LogP contribution in [0.5, 0.6) is 0 Å². The van der Waals surface area contributed by atoms with Gasteiger partial charge in [0.2, 0.25) is 11.8 Å². The van der Waals surface area contributed by atoms with Gasteiger partial charge in [0.25, 0.3) is 0 Å². The predicted molar refractivity (Wildman–Crippen MR) is 87.7 cm³/mol. The number of halogens is 1. The summed E-state index contributed by atoms with van der Waals surface area (Å²) in [4.78, 5) is 38.7. The fourth-order valence-electron chi connectivity index (χ4n) is 2.19. The third kappa shape index (κ3) is 4.54. The van der Waals surface area contributed by atoms with Crippen molar-refractivity contribution < 1.29 is 14.4 Å². The fraction of sp³-hybridized carbons (Fsp3) is 0.500. The highest BCUT2D eigenvalue weighted by molar-refractivity contribution is 9.11. The number of urea groups is 1. The second-order valence-corrected chi connectivity index (χ2v) is 7.64. The van der Waals surface area contributed by atoms with Crippen LogP contribution in [0.4, 0.5) is 4.79 Å². The van der Waals surface area contributed by atoms with Crippen LogP contribution < -0.4 is 5.32 Å². The Morgan fingerprint density at radius 2 is 2.18 bits per heavy atom. The lowest BCUT2D eigenvalue weighted by Crippen LogP contribution is -2.33. The Labute approximate surface area is 141 Å². The van der Waals surface area contributed by atoms with Gasteiger partial charge in [-0.1, -0.05) is 0 Å². The second kappa shape index (κ2) is 7.73. The number of likely N-dealkylation sites (N-methyl/N-ethyl adjacent to an activating group) is 1. The Morgan fingerprint density at radius 3 is 2.77 bits per heavy atom. The lowest BCUT2D eigenvalue weighted by molar-refractivity contribution is -0.126. The molecule has 4 amide bonds. The van der Waals surface area contributed by atoms with Gasteiger partial charge in [0, 0.05) is 31.4 Å². The molecule has 0 atom stereocenters. The zero-order valence-electron chi connectivity index (χ0n) is 12.3. The Balaban J connectivity index is 1.62. The highest BCUT2D eigenvalue weighted by Crippen LogP contribution is 2.22. The lowest BCUT2D eigenvalue weighted by Gasteiger charge is -2.13. The Bertz CT molecular complexity index is 575. The molecule has 6 nitrogen and oxygen atoms in total. The van der Waals surface area contributed by atoms with Crippen LogP contribution in [0.25, 0.3) is 0 Å². The van der Waals surface area contributed by atoms with E-state index < -0.39 is 0 Å². The zero-order chi connectivity index (χ0) is 16.1. The van der Waals surface area contributed by atoms with Gasteiger partial charge in [-0.3, -0.25) is 14.5 Å². The first-order valence-corrected chi connectivity index (χ1v) is 8.64. The number of hydrogen-bond acceptors (Lipinski definition) is 4. The van der Waals surface area contributed by atoms with Crippen LogP contribution in [0.2, 0.25) is 0 Å². The van der Waals surface area contributed by atoms with Gasteiger partial charge in [-0.2, -0.15) is 0 Å². The molecule has 1 N–H and O–H groups in total. The monoisotopic (exact) mass is 387 g/mol. The maximum atomic E-state index is 11.7. The number of thiophene rings is 1. The smallest absolute Gasteiger partial charge is 0.326 e. The summed E-state index contributed by atoms with van der Waals surface area (Å²) >= 11 is 5.06. The number of amides is 4. The van der Waals surface area contributed by atoms with E-state index in [-0.39, 0.29) is 24.4 Å². The predicted octanol–water partition coefficient (Wildman–Crippen LogP) is 1.84. The van der Waals surface area contributed by atoms with Crippen molar-refractivity contribution in [1.82, 2.24) is 15.1 Å². The number of carbonyl (C=O) groups excluding carboxylic acids is 3. The first kappa shape index (κ1) is 17.0. The molecule has 0 bridgehead atoms. The van der Waals surface area contributed by atoms with Crippen molar-refractivity contribution in [3.63, 3.8) is 0 Å². The van der Waals surface area contributed by atoms with Crippen LogP contribution in [-0.2, 0) is 16.0 Å². The van der Waals surface area contributed by atoms with Gasteiger partial charge in [0.1, 0.15) is 6.54 Å². The first-order chi connectivity index (χ1) is 10.5. The molecule has 22 heavy (non-hydrogen) atoms. The van der Waals surface area contributed by atoms with Gasteiger partial charge in [0.05, 0.1) is 3.79 Å². The number of hydrogen-bond donors (Lipinski definition) is 1. The molecule has 1 aliphatic rings. The molecule has 2 heterocycles. The molecular formula is C14H18BrN3O3S. The van der Waals surface area contributed by atoms with Crippen LogP contribution in [0, 0.1) is 0 Å². The largest absolute Gasteiger partial charge is 0.356 e. The van der Waals surface area contributed by atoms with E-state index in [1.165, 1.54) is 14.7 Å². The molecule has 2 rings (SSSR count). The average molecular weight is 388 g/mol. The van der Waals surface area contributed by atoms with E-state index in [9.17, 15) is 14.4 Å². The molecule has 0 saturated carbocycles. The van der Waals surface area contributed by atoms with Gasteiger partial charge >= 0.3 is 6.03 Å². The molecule has 1 fully saturated rings. The minimum absolute atomic E-state index is 0.0527. The lowest BCUT2D eigenvalue weighted by atomic mass is 10.2. The second-order valence-electron chi connectivity index (χ2n) is 5.09. The average Bonchev–Trinajstić information content (AvgIpc) is 2.97. The summed E-state index contributed by atoms with van der Waals surface area (Å²) in [7, 11) is 1.59. The fourth-order valence-corrected chi connectivity index (χ4v) is 3.67. The van der Waals surface area contributed by atoms with Gasteiger partial charge in [-0.25, -0.2) is 4.79 Å². The quantitative estimate of drug-likeness (QED) is 0.725. The highest BCUT2D eigenvalue weighted by atomic mass is 79.9. The maximum absolute atomic E-state index is 11.7. The Morgan fingerprint density at radius 1 is 1.41 bits per heavy atom. The van der Waals surface area contributed by atoms with E-state index in [1.807, 2.05) is 12.1 Å². The minimum Gasteiger partial charge on any atom is -0.356 e. The van der Waals surface area contributed by atoms with E-state index in [4.69, 9.17) is 0 Å². The van der Waals surface area contributed by atoms with Crippen molar-refractivity contribution in [2.75, 3.05) is 26.7 Å². The molecule has 0 spiro atoms. The molecule has 8 heteroatoms. The summed E-state index contributed by atoms with van der Waals surface area (Å²) in [6.45, 7) is 1.02. The van der Waals surface area contributed by atoms with Gasteiger partial charge in [-0.15, -0.1) is 11.3 Å². The Hall–Kier alpha value is -1.41. The third-order valence-electron chi connectivity index (χ3n) is 3.34. The van der Waals surface area contributed by atoms with Crippen molar-refractivity contribution in [2.24, 2.45) is 0 Å². The van der Waals surface area contributed by atoms with Gasteiger partial charge in [0.15, 0.2) is 0 Å². The van der Waals surface area contributed by atoms with Crippen LogP contribution in [0.3, 0.4) is 0 Å². The molecule has 1 aliphatic heterocycles. The molecule has 120 valence electrons. The summed E-state index contributed by atoms with van der Waals surface area (Å²) in [5, 5.41) is 2.85. The van der Waals surface area contributed by atoms with Crippen molar-refractivity contribution in [3.05, 3.63) is 20.8 Å². The number of nitrogens with one attached hydrogen (secondary N) is 1. The van der Waals surface area contributed by atoms with Gasteiger partial charge in [-0.05, 0) is 40.9 Å². The third-order valence-corrected chi connectivity index (χ3v) is 5.02. The van der Waals surface area contributed by atoms with E-state index in [2.05, 4.69) is 21.2 Å². The van der Waals surface area contributed by atoms with E-state index in [1.54, 1.807) is 18.4 Å². The minimum atomic E-state index is -0.284. The standard InChI is InChI=1S/C14H18BrN3O3S/c1-17-9-13(20)18(14(17)21)8-2-3-12(19)16-7-6-10-4-5-11(15)22-10/h4-5H,2-3,6-9H2,1H3,(H,16,19). The maximum Gasteiger partial charge on any atom is 0.326 e. The molecule has 1 aromatic rings. The number of imide groups is 1. The van der Waals surface area contributed by atoms with Crippen molar-refractivity contribution in [1.29, 1.82) is 0 Å². The highest BCUT2D eigenvalue weighted by Gasteiger charge is 2.32. The molecule has 0 unspecified atom stereocenters. The zero-order valence-corrected chi connectivity index (χ0v) is 14.7. The van der Waals surface area contributed by atoms with Crippen molar-refractivity contribution in [3.8, 4) is 0 Å². The number of nitrogens with zero attached hydrogens (tertiary/aromatic N) is 2. The van der Waals surface area contributed by atoms with Crippen LogP contribution >= 0.6 is 27.3 Å². The summed E-state index contributed by atoms with van der Waals surface area (Å²) in [6.07, 6.45) is 1.60. The molecule has 0 radical (unpaired) electrons. The summed E-state index contributed by atoms with van der Waals surface area (Å²) in [6, 6.07) is 3.74. The molecule has 1 saturated heterocycles. The van der Waals surface area contributed by atoms with Crippen LogP contribution in [0.15, 0.2) is 15.9 Å². The Kier molecular flexibility index (Phi) is 5.96. The summed E-state index contributed by atoms with van der Waals surface area (Å²) in [5.41, 5.74) is 0. The van der Waals surface area contributed by atoms with E-state index >= 15 is 0 Å². The normalized spacial score (nSPS) is 14.8. The van der Waals surface area contributed by atoms with E-state index in [0.29, 0.717) is 25.9 Å². The SMILES string of the molecule is CN1CC(=O)N(CCCC(=O)NCCc2ccc(Br)s2)C1=O. The topological polar surface area (TPSA) is 69.7 Å². The number of carbonyl (C=O) groups is 3. The number of rotatable bonds is 7. The molecule has 0 aromatic carbocycles. The molecular weight excluding hydrogens is 370 g/mol. The van der Waals surface area contributed by atoms with Crippen LogP contribution in [0.1, 0.15) is 17.7 Å². The molecule has 0 aliphatic carbocycles. The first-order valence-electron chi connectivity index (χ1n) is 7.03. The van der Waals surface area contributed by atoms with Crippen molar-refractivity contribution in [2.45, 2.75) is 19.3 Å². The van der Waals surface area contributed by atoms with E-state index in [0.717, 1.165) is 10.2 Å². The molecule has 1 aromatic heterocycles. The summed E-state index contributed by atoms with van der Waals surface area (Å²) in [5.74, 6) is -0.251.